The smallest absolute Gasteiger partial charge is 0.273 e. The molecule has 0 saturated carbocycles. The van der Waals surface area contributed by atoms with Crippen LogP contribution in [0.5, 0.6) is 0 Å². The first-order valence-corrected chi connectivity index (χ1v) is 8.16. The molecule has 0 aliphatic carbocycles. The lowest BCUT2D eigenvalue weighted by molar-refractivity contribution is -0.115. The second-order valence-corrected chi connectivity index (χ2v) is 5.85. The molecule has 0 unspecified atom stereocenters. The minimum Gasteiger partial charge on any atom is -0.342 e. The Bertz CT molecular complexity index is 914. The van der Waals surface area contributed by atoms with Crippen LogP contribution in [0.1, 0.15) is 21.6 Å². The molecule has 3 rings (SSSR count). The van der Waals surface area contributed by atoms with Crippen LogP contribution in [0.3, 0.4) is 0 Å². The Morgan fingerprint density at radius 3 is 2.38 bits per heavy atom. The van der Waals surface area contributed by atoms with Crippen LogP contribution in [0.2, 0.25) is 0 Å². The maximum absolute atomic E-state index is 12.2. The normalized spacial score (nSPS) is 10.4. The summed E-state index contributed by atoms with van der Waals surface area (Å²) in [6.45, 7) is 3.69. The minimum atomic E-state index is -0.455. The molecule has 0 bridgehead atoms. The van der Waals surface area contributed by atoms with E-state index in [9.17, 15) is 9.59 Å². The van der Waals surface area contributed by atoms with E-state index in [1.54, 1.807) is 0 Å². The van der Waals surface area contributed by atoms with Gasteiger partial charge in [0.1, 0.15) is 0 Å². The van der Waals surface area contributed by atoms with E-state index in [1.165, 1.54) is 11.0 Å². The van der Waals surface area contributed by atoms with Gasteiger partial charge in [-0.1, -0.05) is 36.4 Å². The molecule has 0 spiro atoms. The summed E-state index contributed by atoms with van der Waals surface area (Å²) in [5, 5.41) is 13.6. The van der Waals surface area contributed by atoms with Crippen LogP contribution in [0.25, 0.3) is 5.69 Å². The lowest BCUT2D eigenvalue weighted by Gasteiger charge is -2.11. The van der Waals surface area contributed by atoms with Crippen molar-refractivity contribution >= 4 is 17.5 Å². The monoisotopic (exact) mass is 349 g/mol. The molecule has 3 aromatic rings. The molecular formula is C19H19N5O2. The van der Waals surface area contributed by atoms with E-state index in [4.69, 9.17) is 0 Å². The lowest BCUT2D eigenvalue weighted by atomic mass is 10.1. The second kappa shape index (κ2) is 7.60. The second-order valence-electron chi connectivity index (χ2n) is 5.85. The first-order valence-electron chi connectivity index (χ1n) is 8.16. The van der Waals surface area contributed by atoms with Crippen LogP contribution >= 0.6 is 0 Å². The third-order valence-corrected chi connectivity index (χ3v) is 3.87. The Labute approximate surface area is 151 Å². The summed E-state index contributed by atoms with van der Waals surface area (Å²) >= 11 is 0. The summed E-state index contributed by atoms with van der Waals surface area (Å²) in [5.74, 6) is -0.755. The fourth-order valence-electron chi connectivity index (χ4n) is 2.50. The van der Waals surface area contributed by atoms with Crippen molar-refractivity contribution in [1.82, 2.24) is 20.3 Å². The van der Waals surface area contributed by atoms with Gasteiger partial charge in [0.2, 0.25) is 5.91 Å². The van der Waals surface area contributed by atoms with Gasteiger partial charge in [0.15, 0.2) is 5.69 Å². The van der Waals surface area contributed by atoms with Crippen molar-refractivity contribution < 1.29 is 9.59 Å². The van der Waals surface area contributed by atoms with Gasteiger partial charge in [-0.2, -0.15) is 9.90 Å². The quantitative estimate of drug-likeness (QED) is 0.739. The summed E-state index contributed by atoms with van der Waals surface area (Å²) < 4.78 is 0. The van der Waals surface area contributed by atoms with Crippen molar-refractivity contribution in [3.8, 4) is 5.69 Å². The number of amides is 2. The molecule has 2 N–H and O–H groups in total. The average molecular weight is 349 g/mol. The van der Waals surface area contributed by atoms with Gasteiger partial charge in [0.05, 0.1) is 18.4 Å². The van der Waals surface area contributed by atoms with Crippen molar-refractivity contribution in [1.29, 1.82) is 0 Å². The van der Waals surface area contributed by atoms with Crippen molar-refractivity contribution in [2.45, 2.75) is 13.8 Å². The van der Waals surface area contributed by atoms with Gasteiger partial charge < -0.3 is 10.6 Å². The van der Waals surface area contributed by atoms with Crippen molar-refractivity contribution in [2.24, 2.45) is 0 Å². The van der Waals surface area contributed by atoms with Gasteiger partial charge in [0, 0.05) is 5.69 Å². The summed E-state index contributed by atoms with van der Waals surface area (Å²) in [6, 6.07) is 15.0. The molecule has 2 aromatic carbocycles. The van der Waals surface area contributed by atoms with Crippen molar-refractivity contribution in [3.05, 3.63) is 71.5 Å². The van der Waals surface area contributed by atoms with E-state index in [-0.39, 0.29) is 18.1 Å². The Kier molecular flexibility index (Phi) is 5.07. The first kappa shape index (κ1) is 17.3. The number of nitrogens with zero attached hydrogens (tertiary/aromatic N) is 3. The molecule has 0 aliphatic rings. The molecule has 7 nitrogen and oxygen atoms in total. The number of benzene rings is 2. The number of aromatic nitrogens is 3. The highest BCUT2D eigenvalue weighted by molar-refractivity contribution is 5.98. The third-order valence-electron chi connectivity index (χ3n) is 3.87. The van der Waals surface area contributed by atoms with Gasteiger partial charge in [-0.25, -0.2) is 0 Å². The van der Waals surface area contributed by atoms with Crippen LogP contribution in [-0.4, -0.2) is 33.4 Å². The van der Waals surface area contributed by atoms with Crippen LogP contribution in [0.4, 0.5) is 5.69 Å². The molecule has 1 heterocycles. The topological polar surface area (TPSA) is 88.9 Å². The molecule has 0 saturated heterocycles. The van der Waals surface area contributed by atoms with Crippen molar-refractivity contribution in [2.75, 3.05) is 11.9 Å². The Morgan fingerprint density at radius 2 is 1.69 bits per heavy atom. The standard InChI is InChI=1S/C19H19N5O2/c1-13-7-6-8-14(2)18(13)22-17(25)12-20-19(26)16-11-21-24(23-16)15-9-4-3-5-10-15/h3-11H,12H2,1-2H3,(H,20,26)(H,22,25). The van der Waals surface area contributed by atoms with E-state index < -0.39 is 5.91 Å². The SMILES string of the molecule is Cc1cccc(C)c1NC(=O)CNC(=O)c1cnn(-c2ccccc2)n1. The lowest BCUT2D eigenvalue weighted by Crippen LogP contribution is -2.33. The molecule has 2 amide bonds. The summed E-state index contributed by atoms with van der Waals surface area (Å²) in [6.07, 6.45) is 1.37. The molecular weight excluding hydrogens is 330 g/mol. The van der Waals surface area contributed by atoms with E-state index in [0.717, 1.165) is 22.5 Å². The fraction of sp³-hybridized carbons (Fsp3) is 0.158. The number of para-hydroxylation sites is 2. The third kappa shape index (κ3) is 3.94. The first-order chi connectivity index (χ1) is 12.5. The van der Waals surface area contributed by atoms with Gasteiger partial charge in [-0.3, -0.25) is 9.59 Å². The number of nitrogens with one attached hydrogen (secondary N) is 2. The number of carbonyl (C=O) groups excluding carboxylic acids is 2. The number of aryl methyl sites for hydroxylation is 2. The van der Waals surface area contributed by atoms with Crippen LogP contribution in [0.15, 0.2) is 54.7 Å². The van der Waals surface area contributed by atoms with E-state index >= 15 is 0 Å². The van der Waals surface area contributed by atoms with E-state index in [0.29, 0.717) is 0 Å². The fourth-order valence-corrected chi connectivity index (χ4v) is 2.50. The zero-order chi connectivity index (χ0) is 18.5. The van der Waals surface area contributed by atoms with Crippen LogP contribution in [-0.2, 0) is 4.79 Å². The minimum absolute atomic E-state index is 0.147. The maximum Gasteiger partial charge on any atom is 0.273 e. The molecule has 1 aromatic heterocycles. The van der Waals surface area contributed by atoms with Gasteiger partial charge >= 0.3 is 0 Å². The molecule has 0 fully saturated rings. The Balaban J connectivity index is 1.59. The summed E-state index contributed by atoms with van der Waals surface area (Å²) in [7, 11) is 0. The summed E-state index contributed by atoms with van der Waals surface area (Å²) in [4.78, 5) is 25.7. The number of hydrogen-bond acceptors (Lipinski definition) is 4. The molecule has 132 valence electrons. The van der Waals surface area contributed by atoms with Gasteiger partial charge in [-0.15, -0.1) is 5.10 Å². The number of carbonyl (C=O) groups is 2. The van der Waals surface area contributed by atoms with Crippen LogP contribution < -0.4 is 10.6 Å². The van der Waals surface area contributed by atoms with E-state index in [2.05, 4.69) is 20.8 Å². The highest BCUT2D eigenvalue weighted by atomic mass is 16.2. The van der Waals surface area contributed by atoms with Crippen LogP contribution in [0, 0.1) is 13.8 Å². The summed E-state index contributed by atoms with van der Waals surface area (Å²) in [5.41, 5.74) is 3.60. The van der Waals surface area contributed by atoms with Gasteiger partial charge in [-0.05, 0) is 37.1 Å². The molecule has 0 atom stereocenters. The highest BCUT2D eigenvalue weighted by Crippen LogP contribution is 2.18. The predicted molar refractivity (Wildman–Crippen MR) is 98.2 cm³/mol. The molecule has 0 radical (unpaired) electrons. The number of rotatable bonds is 5. The van der Waals surface area contributed by atoms with E-state index in [1.807, 2.05) is 62.4 Å². The predicted octanol–water partition coefficient (Wildman–Crippen LogP) is 2.25. The highest BCUT2D eigenvalue weighted by Gasteiger charge is 2.13. The zero-order valence-electron chi connectivity index (χ0n) is 14.6. The van der Waals surface area contributed by atoms with Gasteiger partial charge in [0.25, 0.3) is 5.91 Å². The molecule has 26 heavy (non-hydrogen) atoms. The molecule has 7 heteroatoms. The zero-order valence-corrected chi connectivity index (χ0v) is 14.6. The Morgan fingerprint density at radius 1 is 1.00 bits per heavy atom. The van der Waals surface area contributed by atoms with Crippen molar-refractivity contribution in [3.63, 3.8) is 0 Å². The Hall–Kier alpha value is -3.48. The number of hydrogen-bond donors (Lipinski definition) is 2. The number of anilines is 1. The average Bonchev–Trinajstić information content (AvgIpc) is 3.14. The molecule has 0 aliphatic heterocycles. The largest absolute Gasteiger partial charge is 0.342 e. The maximum atomic E-state index is 12.2.